The number of aliphatic hydroxyl groups is 3. The van der Waals surface area contributed by atoms with Gasteiger partial charge in [0, 0.05) is 18.9 Å². The predicted molar refractivity (Wildman–Crippen MR) is 132 cm³/mol. The molecule has 8 unspecified atom stereocenters. The van der Waals surface area contributed by atoms with Crippen molar-refractivity contribution >= 4 is 17.7 Å². The molecule has 34 heavy (non-hydrogen) atoms. The summed E-state index contributed by atoms with van der Waals surface area (Å²) in [5, 5.41) is 34.4. The van der Waals surface area contributed by atoms with Crippen molar-refractivity contribution < 1.29 is 24.9 Å². The molecular weight excluding hydrogens is 456 g/mol. The van der Waals surface area contributed by atoms with E-state index in [4.69, 9.17) is 4.74 Å². The lowest BCUT2D eigenvalue weighted by atomic mass is 9.88. The Hall–Kier alpha value is -1.17. The van der Waals surface area contributed by atoms with E-state index in [2.05, 4.69) is 27.1 Å². The lowest BCUT2D eigenvalue weighted by Crippen LogP contribution is -2.64. The number of likely N-dealkylation sites (tertiary alicyclic amines) is 1. The van der Waals surface area contributed by atoms with E-state index in [1.807, 2.05) is 13.8 Å². The summed E-state index contributed by atoms with van der Waals surface area (Å²) in [6.45, 7) is 7.52. The molecule has 0 aliphatic carbocycles. The van der Waals surface area contributed by atoms with E-state index in [1.54, 1.807) is 18.6 Å². The van der Waals surface area contributed by atoms with Crippen molar-refractivity contribution in [3.63, 3.8) is 0 Å². The number of aromatic nitrogens is 2. The second kappa shape index (κ2) is 12.7. The Morgan fingerprint density at radius 1 is 1.29 bits per heavy atom. The summed E-state index contributed by atoms with van der Waals surface area (Å²) in [6.07, 6.45) is 6.07. The van der Waals surface area contributed by atoms with Crippen LogP contribution in [0.25, 0.3) is 0 Å². The van der Waals surface area contributed by atoms with E-state index >= 15 is 0 Å². The molecule has 1 amide bonds. The molecule has 0 radical (unpaired) electrons. The van der Waals surface area contributed by atoms with Gasteiger partial charge in [-0.1, -0.05) is 40.0 Å². The van der Waals surface area contributed by atoms with E-state index in [9.17, 15) is 20.1 Å². The van der Waals surface area contributed by atoms with Crippen LogP contribution in [0.3, 0.4) is 0 Å². The summed E-state index contributed by atoms with van der Waals surface area (Å²) in [7, 11) is 0. The van der Waals surface area contributed by atoms with E-state index in [-0.39, 0.29) is 17.9 Å². The molecule has 3 rings (SSSR count). The van der Waals surface area contributed by atoms with Crippen molar-refractivity contribution in [3.8, 4) is 0 Å². The average Bonchev–Trinajstić information content (AvgIpc) is 3.47. The van der Waals surface area contributed by atoms with Crippen LogP contribution in [0.15, 0.2) is 12.4 Å². The number of aliphatic hydroxyl groups excluding tert-OH is 3. The SMILES string of the molecule is CCCCCC1CC(C(=O)NC(C(C)C)C2OC(SC)C(O)C(O)C2O)N(Cc2ncc[nH]2)C1. The second-order valence-corrected chi connectivity index (χ2v) is 11.0. The standard InChI is InChI=1S/C24H42N4O5S/c1-5-6-7-8-15-11-16(28(12-15)13-17-25-9-10-26-17)23(32)27-18(14(2)3)22-20(30)19(29)21(31)24(33-22)34-4/h9-10,14-16,18-22,24,29-31H,5-8,11-13H2,1-4H3,(H,25,26)(H,27,32). The van der Waals surface area contributed by atoms with Gasteiger partial charge in [0.1, 0.15) is 35.7 Å². The molecule has 1 aromatic rings. The zero-order valence-electron chi connectivity index (χ0n) is 20.8. The maximum absolute atomic E-state index is 13.6. The Morgan fingerprint density at radius 3 is 2.68 bits per heavy atom. The van der Waals surface area contributed by atoms with Crippen LogP contribution in [0.1, 0.15) is 58.7 Å². The summed E-state index contributed by atoms with van der Waals surface area (Å²) in [6, 6.07) is -0.811. The molecule has 8 atom stereocenters. The minimum Gasteiger partial charge on any atom is -0.388 e. The number of unbranched alkanes of at least 4 members (excludes halogenated alkanes) is 2. The molecular formula is C24H42N4O5S. The quantitative estimate of drug-likeness (QED) is 0.290. The van der Waals surface area contributed by atoms with Gasteiger partial charge < -0.3 is 30.4 Å². The van der Waals surface area contributed by atoms with E-state index in [1.165, 1.54) is 24.6 Å². The molecule has 3 heterocycles. The molecule has 5 N–H and O–H groups in total. The van der Waals surface area contributed by atoms with Crippen LogP contribution in [0.4, 0.5) is 0 Å². The summed E-state index contributed by atoms with van der Waals surface area (Å²) in [4.78, 5) is 23.2. The van der Waals surface area contributed by atoms with Gasteiger partial charge in [-0.3, -0.25) is 9.69 Å². The number of ether oxygens (including phenoxy) is 1. The average molecular weight is 499 g/mol. The molecule has 2 aliphatic heterocycles. The summed E-state index contributed by atoms with van der Waals surface area (Å²) in [5.41, 5.74) is -0.675. The van der Waals surface area contributed by atoms with Gasteiger partial charge in [-0.05, 0) is 30.9 Å². The second-order valence-electron chi connectivity index (χ2n) is 10.0. The van der Waals surface area contributed by atoms with Crippen LogP contribution >= 0.6 is 11.8 Å². The first-order valence-corrected chi connectivity index (χ1v) is 13.8. The van der Waals surface area contributed by atoms with E-state index < -0.39 is 35.9 Å². The van der Waals surface area contributed by atoms with Crippen molar-refractivity contribution in [3.05, 3.63) is 18.2 Å². The Balaban J connectivity index is 1.73. The lowest BCUT2D eigenvalue weighted by Gasteiger charge is -2.44. The predicted octanol–water partition coefficient (Wildman–Crippen LogP) is 1.49. The highest BCUT2D eigenvalue weighted by molar-refractivity contribution is 7.99. The maximum Gasteiger partial charge on any atom is 0.237 e. The molecule has 0 spiro atoms. The zero-order valence-corrected chi connectivity index (χ0v) is 21.6. The Kier molecular flexibility index (Phi) is 10.2. The lowest BCUT2D eigenvalue weighted by molar-refractivity contribution is -0.208. The fraction of sp³-hybridized carbons (Fsp3) is 0.833. The molecule has 0 bridgehead atoms. The third kappa shape index (κ3) is 6.53. The molecule has 0 saturated carbocycles. The van der Waals surface area contributed by atoms with Gasteiger partial charge in [-0.15, -0.1) is 11.8 Å². The first-order valence-electron chi connectivity index (χ1n) is 12.5. The molecule has 0 aromatic carbocycles. The van der Waals surface area contributed by atoms with Gasteiger partial charge >= 0.3 is 0 Å². The number of thioether (sulfide) groups is 1. The molecule has 10 heteroatoms. The fourth-order valence-electron chi connectivity index (χ4n) is 5.17. The highest BCUT2D eigenvalue weighted by atomic mass is 32.2. The molecule has 1 aromatic heterocycles. The molecule has 194 valence electrons. The number of hydrogen-bond donors (Lipinski definition) is 5. The minimum atomic E-state index is -1.33. The maximum atomic E-state index is 13.6. The molecule has 2 saturated heterocycles. The van der Waals surface area contributed by atoms with Crippen LogP contribution in [0.5, 0.6) is 0 Å². The third-order valence-corrected chi connectivity index (χ3v) is 7.99. The van der Waals surface area contributed by atoms with E-state index in [0.29, 0.717) is 12.5 Å². The minimum absolute atomic E-state index is 0.0474. The number of imidazole rings is 1. The largest absolute Gasteiger partial charge is 0.388 e. The highest BCUT2D eigenvalue weighted by Gasteiger charge is 2.48. The summed E-state index contributed by atoms with van der Waals surface area (Å²) in [5.74, 6) is 1.14. The monoisotopic (exact) mass is 498 g/mol. The highest BCUT2D eigenvalue weighted by Crippen LogP contribution is 2.32. The van der Waals surface area contributed by atoms with Crippen molar-refractivity contribution in [2.45, 2.75) is 101 Å². The van der Waals surface area contributed by atoms with E-state index in [0.717, 1.165) is 31.6 Å². The van der Waals surface area contributed by atoms with Crippen molar-refractivity contribution in [1.29, 1.82) is 0 Å². The topological polar surface area (TPSA) is 131 Å². The number of amides is 1. The Bertz CT molecular complexity index is 750. The smallest absolute Gasteiger partial charge is 0.237 e. The number of rotatable bonds is 11. The van der Waals surface area contributed by atoms with Gasteiger partial charge in [0.05, 0.1) is 18.6 Å². The first-order chi connectivity index (χ1) is 16.3. The fourth-order valence-corrected chi connectivity index (χ4v) is 5.85. The van der Waals surface area contributed by atoms with Crippen molar-refractivity contribution in [1.82, 2.24) is 20.2 Å². The third-order valence-electron chi connectivity index (χ3n) is 7.14. The van der Waals surface area contributed by atoms with Crippen LogP contribution < -0.4 is 5.32 Å². The van der Waals surface area contributed by atoms with Gasteiger partial charge in [0.25, 0.3) is 0 Å². The van der Waals surface area contributed by atoms with Crippen LogP contribution in [-0.4, -0.2) is 90.8 Å². The number of hydrogen-bond acceptors (Lipinski definition) is 8. The van der Waals surface area contributed by atoms with Crippen LogP contribution in [-0.2, 0) is 16.1 Å². The number of aromatic amines is 1. The Labute approximate surface area is 207 Å². The summed E-state index contributed by atoms with van der Waals surface area (Å²) >= 11 is 1.27. The number of carbonyl (C=O) groups is 1. The number of nitrogens with zero attached hydrogens (tertiary/aromatic N) is 2. The van der Waals surface area contributed by atoms with Crippen LogP contribution in [0, 0.1) is 11.8 Å². The van der Waals surface area contributed by atoms with Crippen LogP contribution in [0.2, 0.25) is 0 Å². The molecule has 9 nitrogen and oxygen atoms in total. The first kappa shape index (κ1) is 27.4. The molecule has 2 aliphatic rings. The number of nitrogens with one attached hydrogen (secondary N) is 2. The zero-order chi connectivity index (χ0) is 24.8. The number of H-pyrrole nitrogens is 1. The van der Waals surface area contributed by atoms with Gasteiger partial charge in [-0.2, -0.15) is 0 Å². The van der Waals surface area contributed by atoms with Gasteiger partial charge in [0.15, 0.2) is 0 Å². The molecule has 2 fully saturated rings. The van der Waals surface area contributed by atoms with Crippen molar-refractivity contribution in [2.24, 2.45) is 11.8 Å². The van der Waals surface area contributed by atoms with Crippen molar-refractivity contribution in [2.75, 3.05) is 12.8 Å². The normalized spacial score (nSPS) is 33.4. The van der Waals surface area contributed by atoms with Gasteiger partial charge in [-0.25, -0.2) is 4.98 Å². The van der Waals surface area contributed by atoms with Gasteiger partial charge in [0.2, 0.25) is 5.91 Å². The number of carbonyl (C=O) groups excluding carboxylic acids is 1. The summed E-state index contributed by atoms with van der Waals surface area (Å²) < 4.78 is 5.98. The Morgan fingerprint density at radius 2 is 2.06 bits per heavy atom.